The van der Waals surface area contributed by atoms with Crippen molar-refractivity contribution in [3.8, 4) is 10.8 Å². The van der Waals surface area contributed by atoms with E-state index in [-0.39, 0.29) is 24.6 Å². The second-order valence-electron chi connectivity index (χ2n) is 9.34. The standard InChI is InChI=1S/C32H29BrN2O5/c1-22(2)28(32(38)40-29(24-15-8-4-9-16-24)25-17-10-5-11-18-25)35-30(37)27(31(35)39-20-12-19-33)34-26(36)21-23-13-6-3-7-14-23/h3-11,13-18,27,29,31H,20-21H2,1-2H3,(H,34,36). The van der Waals surface area contributed by atoms with Crippen LogP contribution in [-0.2, 0) is 30.3 Å². The molecular formula is C32H29BrN2O5. The fourth-order valence-electron chi connectivity index (χ4n) is 4.46. The normalized spacial score (nSPS) is 15.9. The minimum Gasteiger partial charge on any atom is -0.448 e. The first-order chi connectivity index (χ1) is 19.4. The van der Waals surface area contributed by atoms with Gasteiger partial charge in [0.1, 0.15) is 12.3 Å². The number of nitrogens with one attached hydrogen (secondary N) is 1. The zero-order chi connectivity index (χ0) is 28.5. The molecule has 4 rings (SSSR count). The lowest BCUT2D eigenvalue weighted by atomic mass is 9.99. The van der Waals surface area contributed by atoms with Gasteiger partial charge < -0.3 is 14.8 Å². The molecule has 3 aromatic carbocycles. The number of carbonyl (C=O) groups is 3. The van der Waals surface area contributed by atoms with E-state index in [1.807, 2.05) is 91.0 Å². The van der Waals surface area contributed by atoms with E-state index in [9.17, 15) is 14.4 Å². The van der Waals surface area contributed by atoms with Crippen LogP contribution in [0.5, 0.6) is 0 Å². The quantitative estimate of drug-likeness (QED) is 0.155. The fraction of sp³-hybridized carbons (Fsp3) is 0.219. The minimum atomic E-state index is -0.977. The van der Waals surface area contributed by atoms with E-state index in [0.717, 1.165) is 16.7 Å². The third-order valence-corrected chi connectivity index (χ3v) is 6.58. The van der Waals surface area contributed by atoms with Crippen LogP contribution >= 0.6 is 15.9 Å². The zero-order valence-corrected chi connectivity index (χ0v) is 23.8. The second kappa shape index (κ2) is 13.7. The van der Waals surface area contributed by atoms with Crippen LogP contribution in [0.15, 0.2) is 102 Å². The number of benzene rings is 3. The molecule has 204 valence electrons. The van der Waals surface area contributed by atoms with Gasteiger partial charge in [-0.1, -0.05) is 96.9 Å². The van der Waals surface area contributed by atoms with Gasteiger partial charge >= 0.3 is 5.97 Å². The molecule has 0 spiro atoms. The van der Waals surface area contributed by atoms with Gasteiger partial charge in [-0.2, -0.15) is 0 Å². The van der Waals surface area contributed by atoms with Crippen LogP contribution in [0, 0.1) is 10.8 Å². The number of hydrogen-bond acceptors (Lipinski definition) is 5. The van der Waals surface area contributed by atoms with E-state index in [2.05, 4.69) is 32.0 Å². The predicted molar refractivity (Wildman–Crippen MR) is 155 cm³/mol. The van der Waals surface area contributed by atoms with E-state index >= 15 is 0 Å². The summed E-state index contributed by atoms with van der Waals surface area (Å²) in [5.74, 6) is 1.25. The van der Waals surface area contributed by atoms with Gasteiger partial charge in [0, 0.05) is 15.9 Å². The van der Waals surface area contributed by atoms with Gasteiger partial charge in [0.25, 0.3) is 5.91 Å². The molecule has 0 saturated carbocycles. The summed E-state index contributed by atoms with van der Waals surface area (Å²) in [4.78, 5) is 43.7. The summed E-state index contributed by atoms with van der Waals surface area (Å²) in [5.41, 5.74) is 3.01. The van der Waals surface area contributed by atoms with Crippen molar-refractivity contribution in [2.75, 3.05) is 6.61 Å². The average molecular weight is 601 g/mol. The SMILES string of the molecule is CC(C)=C(C(=O)OC(c1ccccc1)c1ccccc1)N1C(=O)C(NC(=O)Cc2ccccc2)C1OCC#CBr. The van der Waals surface area contributed by atoms with Crippen LogP contribution in [0.3, 0.4) is 0 Å². The average Bonchev–Trinajstić information content (AvgIpc) is 2.97. The van der Waals surface area contributed by atoms with Crippen LogP contribution in [0.1, 0.15) is 36.6 Å². The van der Waals surface area contributed by atoms with E-state index < -0.39 is 30.3 Å². The highest BCUT2D eigenvalue weighted by molar-refractivity contribution is 9.12. The zero-order valence-electron chi connectivity index (χ0n) is 22.2. The number of hydrogen-bond donors (Lipinski definition) is 1. The Morgan fingerprint density at radius 1 is 0.925 bits per heavy atom. The summed E-state index contributed by atoms with van der Waals surface area (Å²) in [6.07, 6.45) is -1.53. The van der Waals surface area contributed by atoms with Crippen molar-refractivity contribution in [3.05, 3.63) is 119 Å². The Bertz CT molecular complexity index is 1390. The van der Waals surface area contributed by atoms with Gasteiger partial charge in [-0.15, -0.1) is 0 Å². The summed E-state index contributed by atoms with van der Waals surface area (Å²) in [6, 6.07) is 27.0. The molecule has 1 fully saturated rings. The largest absolute Gasteiger partial charge is 0.448 e. The lowest BCUT2D eigenvalue weighted by Gasteiger charge is -2.46. The second-order valence-corrected chi connectivity index (χ2v) is 9.74. The number of nitrogens with zero attached hydrogens (tertiary/aromatic N) is 1. The number of rotatable bonds is 10. The molecule has 2 amide bonds. The van der Waals surface area contributed by atoms with Gasteiger partial charge in [0.15, 0.2) is 18.4 Å². The molecule has 3 aromatic rings. The fourth-order valence-corrected chi connectivity index (χ4v) is 4.57. The molecule has 0 aromatic heterocycles. The number of allylic oxidation sites excluding steroid dienone is 1. The molecule has 1 saturated heterocycles. The number of carbonyl (C=O) groups excluding carboxylic acids is 3. The summed E-state index contributed by atoms with van der Waals surface area (Å²) >= 11 is 3.03. The van der Waals surface area contributed by atoms with E-state index in [0.29, 0.717) is 5.57 Å². The maximum absolute atomic E-state index is 13.7. The molecule has 2 unspecified atom stereocenters. The molecule has 1 heterocycles. The maximum atomic E-state index is 13.7. The highest BCUT2D eigenvalue weighted by Crippen LogP contribution is 2.32. The monoisotopic (exact) mass is 600 g/mol. The molecule has 1 N–H and O–H groups in total. The highest BCUT2D eigenvalue weighted by atomic mass is 79.9. The summed E-state index contributed by atoms with van der Waals surface area (Å²) in [7, 11) is 0. The van der Waals surface area contributed by atoms with Crippen LogP contribution in [0.2, 0.25) is 0 Å². The molecule has 0 radical (unpaired) electrons. The molecule has 0 bridgehead atoms. The number of amides is 2. The van der Waals surface area contributed by atoms with Crippen LogP contribution in [0.4, 0.5) is 0 Å². The van der Waals surface area contributed by atoms with Gasteiger partial charge in [-0.25, -0.2) is 4.79 Å². The topological polar surface area (TPSA) is 84.9 Å². The van der Waals surface area contributed by atoms with Gasteiger partial charge in [-0.3, -0.25) is 14.5 Å². The summed E-state index contributed by atoms with van der Waals surface area (Å²) in [6.45, 7) is 3.42. The first-order valence-corrected chi connectivity index (χ1v) is 13.5. The molecule has 8 heteroatoms. The molecule has 1 aliphatic rings. The van der Waals surface area contributed by atoms with E-state index in [1.165, 1.54) is 4.90 Å². The van der Waals surface area contributed by atoms with Gasteiger partial charge in [-0.05, 0) is 40.9 Å². The molecule has 2 atom stereocenters. The van der Waals surface area contributed by atoms with Crippen molar-refractivity contribution >= 4 is 33.7 Å². The Labute approximate surface area is 242 Å². The van der Waals surface area contributed by atoms with Crippen LogP contribution < -0.4 is 5.32 Å². The number of β-lactam (4-membered cyclic amide) rings is 1. The predicted octanol–water partition coefficient (Wildman–Crippen LogP) is 4.88. The molecule has 1 aliphatic heterocycles. The van der Waals surface area contributed by atoms with Crippen molar-refractivity contribution in [3.63, 3.8) is 0 Å². The third kappa shape index (κ3) is 6.87. The molecular weight excluding hydrogens is 572 g/mol. The number of ether oxygens (including phenoxy) is 2. The van der Waals surface area contributed by atoms with Crippen molar-refractivity contribution in [2.24, 2.45) is 0 Å². The van der Waals surface area contributed by atoms with Gasteiger partial charge in [0.2, 0.25) is 5.91 Å². The molecule has 7 nitrogen and oxygen atoms in total. The Hall–Kier alpha value is -4.19. The maximum Gasteiger partial charge on any atom is 0.356 e. The van der Waals surface area contributed by atoms with Crippen LogP contribution in [-0.4, -0.2) is 41.6 Å². The summed E-state index contributed by atoms with van der Waals surface area (Å²) in [5, 5.41) is 2.76. The Balaban J connectivity index is 1.57. The number of likely N-dealkylation sites (tertiary alicyclic amines) is 1. The van der Waals surface area contributed by atoms with E-state index in [4.69, 9.17) is 9.47 Å². The smallest absolute Gasteiger partial charge is 0.356 e. The van der Waals surface area contributed by atoms with E-state index in [1.54, 1.807) is 13.8 Å². The Morgan fingerprint density at radius 2 is 1.48 bits per heavy atom. The number of halogens is 1. The lowest BCUT2D eigenvalue weighted by Crippen LogP contribution is -2.71. The molecule has 0 aliphatic carbocycles. The third-order valence-electron chi connectivity index (χ3n) is 6.30. The highest BCUT2D eigenvalue weighted by Gasteiger charge is 2.53. The first kappa shape index (κ1) is 28.8. The Kier molecular flexibility index (Phi) is 9.90. The van der Waals surface area contributed by atoms with Crippen molar-refractivity contribution in [1.29, 1.82) is 0 Å². The van der Waals surface area contributed by atoms with Crippen molar-refractivity contribution in [2.45, 2.75) is 38.6 Å². The lowest BCUT2D eigenvalue weighted by molar-refractivity contribution is -0.180. The van der Waals surface area contributed by atoms with Gasteiger partial charge in [0.05, 0.1) is 6.42 Å². The minimum absolute atomic E-state index is 0.0213. The number of esters is 1. The first-order valence-electron chi connectivity index (χ1n) is 12.8. The summed E-state index contributed by atoms with van der Waals surface area (Å²) < 4.78 is 11.9. The van der Waals surface area contributed by atoms with Crippen LogP contribution in [0.25, 0.3) is 0 Å². The Morgan fingerprint density at radius 3 is 2.00 bits per heavy atom. The van der Waals surface area contributed by atoms with Crippen molar-refractivity contribution in [1.82, 2.24) is 10.2 Å². The van der Waals surface area contributed by atoms with Crippen molar-refractivity contribution < 1.29 is 23.9 Å². The molecule has 40 heavy (non-hydrogen) atoms.